The lowest BCUT2D eigenvalue weighted by molar-refractivity contribution is 0.404. The monoisotopic (exact) mass is 416 g/mol. The lowest BCUT2D eigenvalue weighted by Gasteiger charge is -2.22. The third-order valence-electron chi connectivity index (χ3n) is 4.32. The van der Waals surface area contributed by atoms with Crippen LogP contribution in [0.2, 0.25) is 5.02 Å². The summed E-state index contributed by atoms with van der Waals surface area (Å²) < 4.78 is 33.2. The number of aromatic nitrogens is 1. The minimum Gasteiger partial charge on any atom is -0.495 e. The molecule has 0 radical (unpaired) electrons. The summed E-state index contributed by atoms with van der Waals surface area (Å²) in [6.07, 6.45) is 2.25. The van der Waals surface area contributed by atoms with Gasteiger partial charge >= 0.3 is 0 Å². The first-order valence-corrected chi connectivity index (χ1v) is 10.6. The van der Waals surface area contributed by atoms with E-state index in [0.717, 1.165) is 5.56 Å². The highest BCUT2D eigenvalue weighted by atomic mass is 35.5. The molecule has 0 aliphatic carbocycles. The van der Waals surface area contributed by atoms with Crippen molar-refractivity contribution in [1.29, 1.82) is 0 Å². The average Bonchev–Trinajstić information content (AvgIpc) is 2.72. The second-order valence-electron chi connectivity index (χ2n) is 6.19. The molecule has 0 aliphatic heterocycles. The van der Waals surface area contributed by atoms with Crippen LogP contribution in [0.3, 0.4) is 0 Å². The maximum atomic E-state index is 13.3. The van der Waals surface area contributed by atoms with Crippen LogP contribution in [0, 0.1) is 0 Å². The van der Waals surface area contributed by atoms with Crippen molar-refractivity contribution in [3.05, 3.63) is 89.2 Å². The maximum absolute atomic E-state index is 13.3. The van der Waals surface area contributed by atoms with E-state index in [2.05, 4.69) is 4.98 Å². The Bertz CT molecular complexity index is 1010. The van der Waals surface area contributed by atoms with Crippen LogP contribution in [-0.2, 0) is 23.0 Å². The van der Waals surface area contributed by atoms with Crippen LogP contribution in [0.25, 0.3) is 0 Å². The van der Waals surface area contributed by atoms with E-state index in [9.17, 15) is 8.42 Å². The van der Waals surface area contributed by atoms with E-state index in [1.165, 1.54) is 23.5 Å². The van der Waals surface area contributed by atoms with Crippen molar-refractivity contribution in [2.45, 2.75) is 17.9 Å². The normalized spacial score (nSPS) is 11.5. The zero-order valence-corrected chi connectivity index (χ0v) is 17.0. The van der Waals surface area contributed by atoms with Crippen molar-refractivity contribution in [2.24, 2.45) is 0 Å². The predicted octanol–water partition coefficient (Wildman–Crippen LogP) is 4.18. The van der Waals surface area contributed by atoms with Crippen LogP contribution in [0.4, 0.5) is 0 Å². The number of methoxy groups -OCH3 is 1. The van der Waals surface area contributed by atoms with Crippen molar-refractivity contribution >= 4 is 21.6 Å². The number of sulfonamides is 1. The second-order valence-corrected chi connectivity index (χ2v) is 8.54. The molecule has 0 unspecified atom stereocenters. The van der Waals surface area contributed by atoms with Crippen molar-refractivity contribution in [3.8, 4) is 5.75 Å². The fraction of sp³-hybridized carbons (Fsp3) is 0.190. The van der Waals surface area contributed by atoms with E-state index in [4.69, 9.17) is 16.3 Å². The summed E-state index contributed by atoms with van der Waals surface area (Å²) in [6, 6.07) is 19.7. The number of halogens is 1. The van der Waals surface area contributed by atoms with Gasteiger partial charge in [-0.2, -0.15) is 4.31 Å². The molecule has 3 aromatic rings. The van der Waals surface area contributed by atoms with Crippen molar-refractivity contribution in [3.63, 3.8) is 0 Å². The van der Waals surface area contributed by atoms with Gasteiger partial charge in [-0.15, -0.1) is 0 Å². The van der Waals surface area contributed by atoms with Crippen LogP contribution in [0.15, 0.2) is 77.8 Å². The molecule has 5 nitrogen and oxygen atoms in total. The molecule has 1 aromatic heterocycles. The van der Waals surface area contributed by atoms with Gasteiger partial charge < -0.3 is 4.74 Å². The topological polar surface area (TPSA) is 59.5 Å². The minimum absolute atomic E-state index is 0.127. The third kappa shape index (κ3) is 4.90. The van der Waals surface area contributed by atoms with Gasteiger partial charge in [0.15, 0.2) is 0 Å². The van der Waals surface area contributed by atoms with Crippen LogP contribution < -0.4 is 4.74 Å². The first-order valence-electron chi connectivity index (χ1n) is 8.78. The number of pyridine rings is 1. The Balaban J connectivity index is 1.90. The Morgan fingerprint density at radius 3 is 2.43 bits per heavy atom. The maximum Gasteiger partial charge on any atom is 0.243 e. The fourth-order valence-electron chi connectivity index (χ4n) is 2.81. The van der Waals surface area contributed by atoms with E-state index in [1.54, 1.807) is 18.3 Å². The molecule has 0 aliphatic rings. The van der Waals surface area contributed by atoms with Gasteiger partial charge in [-0.25, -0.2) is 8.42 Å². The van der Waals surface area contributed by atoms with Crippen LogP contribution in [-0.4, -0.2) is 31.4 Å². The molecule has 28 heavy (non-hydrogen) atoms. The summed E-state index contributed by atoms with van der Waals surface area (Å²) in [7, 11) is -2.27. The third-order valence-corrected chi connectivity index (χ3v) is 6.45. The zero-order chi connectivity index (χ0) is 20.0. The Labute approximate surface area is 170 Å². The Hall–Kier alpha value is -2.41. The van der Waals surface area contributed by atoms with Gasteiger partial charge in [0.05, 0.1) is 29.3 Å². The lowest BCUT2D eigenvalue weighted by Crippen LogP contribution is -2.33. The zero-order valence-electron chi connectivity index (χ0n) is 15.5. The molecule has 0 spiro atoms. The van der Waals surface area contributed by atoms with Gasteiger partial charge in [-0.3, -0.25) is 4.98 Å². The average molecular weight is 417 g/mol. The van der Waals surface area contributed by atoms with Gasteiger partial charge in [-0.1, -0.05) is 48.0 Å². The Morgan fingerprint density at radius 1 is 1.04 bits per heavy atom. The largest absolute Gasteiger partial charge is 0.495 e. The molecule has 0 saturated carbocycles. The summed E-state index contributed by atoms with van der Waals surface area (Å²) in [5.41, 5.74) is 1.75. The number of rotatable bonds is 8. The summed E-state index contributed by atoms with van der Waals surface area (Å²) in [6.45, 7) is 0.506. The smallest absolute Gasteiger partial charge is 0.243 e. The number of ether oxygens (including phenoxy) is 1. The van der Waals surface area contributed by atoms with E-state index in [-0.39, 0.29) is 16.5 Å². The Kier molecular flexibility index (Phi) is 6.67. The highest BCUT2D eigenvalue weighted by Crippen LogP contribution is 2.29. The van der Waals surface area contributed by atoms with Gasteiger partial charge in [0.25, 0.3) is 0 Å². The highest BCUT2D eigenvalue weighted by molar-refractivity contribution is 7.89. The number of hydrogen-bond acceptors (Lipinski definition) is 4. The number of nitrogens with zero attached hydrogens (tertiary/aromatic N) is 2. The van der Waals surface area contributed by atoms with Crippen LogP contribution >= 0.6 is 11.6 Å². The minimum atomic E-state index is -3.76. The number of benzene rings is 2. The quantitative estimate of drug-likeness (QED) is 0.552. The van der Waals surface area contributed by atoms with Crippen molar-refractivity contribution in [1.82, 2.24) is 9.29 Å². The first-order chi connectivity index (χ1) is 13.5. The van der Waals surface area contributed by atoms with Crippen LogP contribution in [0.1, 0.15) is 11.3 Å². The summed E-state index contributed by atoms with van der Waals surface area (Å²) in [5.74, 6) is 0.432. The summed E-state index contributed by atoms with van der Waals surface area (Å²) in [5, 5.41) is 0.254. The molecule has 1 heterocycles. The summed E-state index contributed by atoms with van der Waals surface area (Å²) in [4.78, 5) is 4.40. The molecule has 2 aromatic carbocycles. The van der Waals surface area contributed by atoms with Crippen LogP contribution in [0.5, 0.6) is 5.75 Å². The SMILES string of the molecule is COc1ccc(S(=O)(=O)N(CCc2ccccc2)Cc2ccccn2)cc1Cl. The van der Waals surface area contributed by atoms with Gasteiger partial charge in [-0.05, 0) is 42.3 Å². The molecule has 0 N–H and O–H groups in total. The molecule has 0 fully saturated rings. The predicted molar refractivity (Wildman–Crippen MR) is 110 cm³/mol. The van der Waals surface area contributed by atoms with E-state index < -0.39 is 10.0 Å². The van der Waals surface area contributed by atoms with Gasteiger partial charge in [0, 0.05) is 12.7 Å². The van der Waals surface area contributed by atoms with E-state index in [0.29, 0.717) is 24.4 Å². The highest BCUT2D eigenvalue weighted by Gasteiger charge is 2.26. The molecule has 7 heteroatoms. The van der Waals surface area contributed by atoms with Gasteiger partial charge in [0.1, 0.15) is 5.75 Å². The van der Waals surface area contributed by atoms with Crippen molar-refractivity contribution in [2.75, 3.05) is 13.7 Å². The molecular formula is C21H21ClN2O3S. The summed E-state index contributed by atoms with van der Waals surface area (Å²) >= 11 is 6.15. The fourth-order valence-corrected chi connectivity index (χ4v) is 4.57. The van der Waals surface area contributed by atoms with E-state index in [1.807, 2.05) is 42.5 Å². The molecule has 3 rings (SSSR count). The first kappa shape index (κ1) is 20.3. The Morgan fingerprint density at radius 2 is 1.79 bits per heavy atom. The molecular weight excluding hydrogens is 396 g/mol. The molecule has 0 saturated heterocycles. The molecule has 0 bridgehead atoms. The van der Waals surface area contributed by atoms with E-state index >= 15 is 0 Å². The lowest BCUT2D eigenvalue weighted by atomic mass is 10.1. The molecule has 0 atom stereocenters. The molecule has 146 valence electrons. The standard InChI is InChI=1S/C21H21ClN2O3S/c1-27-21-11-10-19(15-20(21)22)28(25,26)24(16-18-9-5-6-13-23-18)14-12-17-7-3-2-4-8-17/h2-11,13,15H,12,14,16H2,1H3. The van der Waals surface area contributed by atoms with Gasteiger partial charge in [0.2, 0.25) is 10.0 Å². The van der Waals surface area contributed by atoms with Crippen molar-refractivity contribution < 1.29 is 13.2 Å². The molecule has 0 amide bonds. The second kappa shape index (κ2) is 9.19. The number of hydrogen-bond donors (Lipinski definition) is 0.